The second-order valence-electron chi connectivity index (χ2n) is 2.70. The van der Waals surface area contributed by atoms with Crippen molar-refractivity contribution >= 4 is 0 Å². The Hall–Kier alpha value is -0.820. The Labute approximate surface area is 74.4 Å². The summed E-state index contributed by atoms with van der Waals surface area (Å²) in [6, 6.07) is 10.5. The van der Waals surface area contributed by atoms with Crippen molar-refractivity contribution in [2.24, 2.45) is 0 Å². The Morgan fingerprint density at radius 1 is 1.17 bits per heavy atom. The Morgan fingerprint density at radius 2 is 1.92 bits per heavy atom. The van der Waals surface area contributed by atoms with Gasteiger partial charge >= 0.3 is 0 Å². The van der Waals surface area contributed by atoms with E-state index < -0.39 is 0 Å². The van der Waals surface area contributed by atoms with Gasteiger partial charge in [-0.05, 0) is 25.3 Å². The Kier molecular flexibility index (Phi) is 4.47. The van der Waals surface area contributed by atoms with Gasteiger partial charge in [-0.3, -0.25) is 0 Å². The van der Waals surface area contributed by atoms with Crippen molar-refractivity contribution in [3.63, 3.8) is 0 Å². The molecular formula is C11H15O. The summed E-state index contributed by atoms with van der Waals surface area (Å²) in [5.74, 6) is 0. The third-order valence-corrected chi connectivity index (χ3v) is 1.74. The summed E-state index contributed by atoms with van der Waals surface area (Å²) < 4.78 is 5.14. The highest BCUT2D eigenvalue weighted by molar-refractivity contribution is 5.14. The fraction of sp³-hybridized carbons (Fsp3) is 0.364. The summed E-state index contributed by atoms with van der Waals surface area (Å²) in [6.07, 6.45) is 2.18. The molecule has 0 N–H and O–H groups in total. The molecule has 0 aromatic heterocycles. The van der Waals surface area contributed by atoms with Crippen molar-refractivity contribution in [1.29, 1.82) is 0 Å². The molecule has 0 aliphatic carbocycles. The maximum absolute atomic E-state index is 5.14. The van der Waals surface area contributed by atoms with Crippen LogP contribution in [0.5, 0.6) is 0 Å². The van der Waals surface area contributed by atoms with E-state index in [9.17, 15) is 0 Å². The first-order valence-corrected chi connectivity index (χ1v) is 4.34. The van der Waals surface area contributed by atoms with E-state index in [1.807, 2.05) is 6.07 Å². The van der Waals surface area contributed by atoms with E-state index in [-0.39, 0.29) is 0 Å². The molecule has 0 spiro atoms. The highest BCUT2D eigenvalue weighted by Gasteiger charge is 1.90. The molecule has 0 heterocycles. The van der Waals surface area contributed by atoms with E-state index in [1.165, 1.54) is 5.56 Å². The second kappa shape index (κ2) is 5.78. The molecule has 1 nitrogen and oxygen atoms in total. The van der Waals surface area contributed by atoms with Gasteiger partial charge in [0.1, 0.15) is 0 Å². The monoisotopic (exact) mass is 163 g/mol. The van der Waals surface area contributed by atoms with Gasteiger partial charge in [-0.15, -0.1) is 0 Å². The maximum atomic E-state index is 5.14. The first-order chi connectivity index (χ1) is 5.93. The third kappa shape index (κ3) is 3.54. The zero-order valence-corrected chi connectivity index (χ0v) is 7.33. The molecule has 0 atom stereocenters. The van der Waals surface area contributed by atoms with E-state index in [0.29, 0.717) is 6.61 Å². The fourth-order valence-corrected chi connectivity index (χ4v) is 1.13. The first kappa shape index (κ1) is 9.27. The number of aryl methyl sites for hydroxylation is 1. The minimum atomic E-state index is 0.578. The average Bonchev–Trinajstić information content (AvgIpc) is 2.14. The molecule has 1 heteroatoms. The van der Waals surface area contributed by atoms with E-state index in [1.54, 1.807) is 0 Å². The minimum absolute atomic E-state index is 0.578. The summed E-state index contributed by atoms with van der Waals surface area (Å²) in [4.78, 5) is 0. The van der Waals surface area contributed by atoms with Crippen LogP contribution in [0.4, 0.5) is 0 Å². The Bertz CT molecular complexity index is 193. The quantitative estimate of drug-likeness (QED) is 0.606. The van der Waals surface area contributed by atoms with Gasteiger partial charge in [-0.1, -0.05) is 30.3 Å². The number of ether oxygens (including phenoxy) is 1. The molecule has 0 aliphatic rings. The van der Waals surface area contributed by atoms with E-state index >= 15 is 0 Å². The van der Waals surface area contributed by atoms with Crippen LogP contribution in [0.15, 0.2) is 30.3 Å². The molecule has 1 aromatic rings. The lowest BCUT2D eigenvalue weighted by Gasteiger charge is -2.00. The average molecular weight is 163 g/mol. The number of hydrogen-bond acceptors (Lipinski definition) is 1. The summed E-state index contributed by atoms with van der Waals surface area (Å²) >= 11 is 0. The predicted octanol–water partition coefficient (Wildman–Crippen LogP) is 2.47. The molecule has 1 radical (unpaired) electrons. The van der Waals surface area contributed by atoms with E-state index in [0.717, 1.165) is 19.4 Å². The van der Waals surface area contributed by atoms with Gasteiger partial charge < -0.3 is 4.74 Å². The molecule has 0 aliphatic heterocycles. The van der Waals surface area contributed by atoms with Crippen LogP contribution in [0, 0.1) is 6.92 Å². The lowest BCUT2D eigenvalue weighted by molar-refractivity contribution is 0.158. The van der Waals surface area contributed by atoms with Gasteiger partial charge in [0.05, 0.1) is 0 Å². The molecule has 65 valence electrons. The van der Waals surface area contributed by atoms with Crippen molar-refractivity contribution in [2.75, 3.05) is 13.2 Å². The van der Waals surface area contributed by atoms with Crippen LogP contribution in [0.1, 0.15) is 12.0 Å². The summed E-state index contributed by atoms with van der Waals surface area (Å²) in [5, 5.41) is 0. The van der Waals surface area contributed by atoms with E-state index in [2.05, 4.69) is 31.2 Å². The van der Waals surface area contributed by atoms with Crippen molar-refractivity contribution in [2.45, 2.75) is 12.8 Å². The van der Waals surface area contributed by atoms with Gasteiger partial charge in [0.25, 0.3) is 0 Å². The lowest BCUT2D eigenvalue weighted by atomic mass is 10.1. The zero-order chi connectivity index (χ0) is 8.65. The maximum Gasteiger partial charge on any atom is 0.0469 e. The molecule has 0 unspecified atom stereocenters. The Balaban J connectivity index is 2.16. The molecule has 12 heavy (non-hydrogen) atoms. The van der Waals surface area contributed by atoms with Crippen LogP contribution in [0.3, 0.4) is 0 Å². The number of rotatable bonds is 5. The molecule has 1 aromatic carbocycles. The number of hydrogen-bond donors (Lipinski definition) is 0. The lowest BCUT2D eigenvalue weighted by Crippen LogP contribution is -1.95. The fourth-order valence-electron chi connectivity index (χ4n) is 1.13. The van der Waals surface area contributed by atoms with Gasteiger partial charge in [-0.25, -0.2) is 0 Å². The predicted molar refractivity (Wildman–Crippen MR) is 50.9 cm³/mol. The SMILES string of the molecule is [CH2]COCCCc1ccccc1. The smallest absolute Gasteiger partial charge is 0.0469 e. The van der Waals surface area contributed by atoms with Crippen LogP contribution in [0.25, 0.3) is 0 Å². The summed E-state index contributed by atoms with van der Waals surface area (Å²) in [6.45, 7) is 5.00. The molecular weight excluding hydrogens is 148 g/mol. The highest BCUT2D eigenvalue weighted by atomic mass is 16.5. The van der Waals surface area contributed by atoms with Gasteiger partial charge in [0, 0.05) is 13.2 Å². The summed E-state index contributed by atoms with van der Waals surface area (Å²) in [7, 11) is 0. The number of benzene rings is 1. The molecule has 1 rings (SSSR count). The van der Waals surface area contributed by atoms with Gasteiger partial charge in [0.2, 0.25) is 0 Å². The summed E-state index contributed by atoms with van der Waals surface area (Å²) in [5.41, 5.74) is 1.38. The van der Waals surface area contributed by atoms with Gasteiger partial charge in [-0.2, -0.15) is 0 Å². The zero-order valence-electron chi connectivity index (χ0n) is 7.33. The van der Waals surface area contributed by atoms with Crippen molar-refractivity contribution in [3.05, 3.63) is 42.8 Å². The van der Waals surface area contributed by atoms with Crippen LogP contribution in [-0.2, 0) is 11.2 Å². The largest absolute Gasteiger partial charge is 0.381 e. The van der Waals surface area contributed by atoms with E-state index in [4.69, 9.17) is 4.74 Å². The topological polar surface area (TPSA) is 9.23 Å². The molecule has 0 saturated heterocycles. The second-order valence-corrected chi connectivity index (χ2v) is 2.70. The van der Waals surface area contributed by atoms with Crippen molar-refractivity contribution < 1.29 is 4.74 Å². The van der Waals surface area contributed by atoms with Crippen molar-refractivity contribution in [3.8, 4) is 0 Å². The van der Waals surface area contributed by atoms with Crippen LogP contribution in [-0.4, -0.2) is 13.2 Å². The van der Waals surface area contributed by atoms with Crippen LogP contribution in [0.2, 0.25) is 0 Å². The van der Waals surface area contributed by atoms with Crippen LogP contribution < -0.4 is 0 Å². The molecule has 0 saturated carbocycles. The first-order valence-electron chi connectivity index (χ1n) is 4.34. The minimum Gasteiger partial charge on any atom is -0.381 e. The molecule has 0 amide bonds. The van der Waals surface area contributed by atoms with Crippen molar-refractivity contribution in [1.82, 2.24) is 0 Å². The standard InChI is InChI=1S/C11H15O/c1-2-12-10-6-9-11-7-4-3-5-8-11/h3-5,7-8H,1-2,6,9-10H2. The molecule has 0 bridgehead atoms. The van der Waals surface area contributed by atoms with Crippen LogP contribution >= 0.6 is 0 Å². The third-order valence-electron chi connectivity index (χ3n) is 1.74. The van der Waals surface area contributed by atoms with Gasteiger partial charge in [0.15, 0.2) is 0 Å². The highest BCUT2D eigenvalue weighted by Crippen LogP contribution is 2.01. The normalized spacial score (nSPS) is 10.1. The molecule has 0 fully saturated rings. The Morgan fingerprint density at radius 3 is 2.58 bits per heavy atom.